The van der Waals surface area contributed by atoms with Gasteiger partial charge in [0.25, 0.3) is 0 Å². The molecular weight excluding hydrogens is 244 g/mol. The molecule has 1 aromatic rings. The highest BCUT2D eigenvalue weighted by Crippen LogP contribution is 2.24. The second-order valence-corrected chi connectivity index (χ2v) is 6.53. The molecule has 20 heavy (non-hydrogen) atoms. The Kier molecular flexibility index (Phi) is 5.62. The summed E-state index contributed by atoms with van der Waals surface area (Å²) >= 11 is 0. The first-order valence-corrected chi connectivity index (χ1v) is 8.13. The van der Waals surface area contributed by atoms with E-state index in [1.807, 2.05) is 0 Å². The first-order chi connectivity index (χ1) is 9.58. The number of benzene rings is 1. The standard InChI is InChI=1S/C18H30N2/c1-14(2)20(13-18-10-5-6-11-19-18)16(4)17-9-7-8-15(3)12-17/h7-9,12,14,16,18-19H,5-6,10-11,13H2,1-4H3. The smallest absolute Gasteiger partial charge is 0.0323 e. The molecule has 1 heterocycles. The molecule has 1 N–H and O–H groups in total. The minimum Gasteiger partial charge on any atom is -0.313 e. The van der Waals surface area contributed by atoms with E-state index < -0.39 is 0 Å². The fourth-order valence-electron chi connectivity index (χ4n) is 3.27. The molecule has 0 bridgehead atoms. The zero-order chi connectivity index (χ0) is 14.5. The van der Waals surface area contributed by atoms with Gasteiger partial charge in [0, 0.05) is 24.7 Å². The average Bonchev–Trinajstić information content (AvgIpc) is 2.45. The van der Waals surface area contributed by atoms with E-state index in [0.29, 0.717) is 18.1 Å². The summed E-state index contributed by atoms with van der Waals surface area (Å²) < 4.78 is 0. The van der Waals surface area contributed by atoms with Crippen LogP contribution < -0.4 is 5.32 Å². The van der Waals surface area contributed by atoms with Crippen LogP contribution in [0, 0.1) is 6.92 Å². The van der Waals surface area contributed by atoms with Crippen molar-refractivity contribution in [1.82, 2.24) is 10.2 Å². The number of hydrogen-bond donors (Lipinski definition) is 1. The number of rotatable bonds is 5. The molecular formula is C18H30N2. The molecule has 0 radical (unpaired) electrons. The van der Waals surface area contributed by atoms with Crippen LogP contribution in [0.4, 0.5) is 0 Å². The molecule has 112 valence electrons. The van der Waals surface area contributed by atoms with Crippen molar-refractivity contribution in [3.05, 3.63) is 35.4 Å². The van der Waals surface area contributed by atoms with Gasteiger partial charge < -0.3 is 5.32 Å². The van der Waals surface area contributed by atoms with Gasteiger partial charge in [0.1, 0.15) is 0 Å². The lowest BCUT2D eigenvalue weighted by atomic mass is 10.00. The molecule has 1 fully saturated rings. The van der Waals surface area contributed by atoms with Crippen molar-refractivity contribution in [1.29, 1.82) is 0 Å². The quantitative estimate of drug-likeness (QED) is 0.876. The maximum Gasteiger partial charge on any atom is 0.0323 e. The van der Waals surface area contributed by atoms with Crippen LogP contribution in [0.2, 0.25) is 0 Å². The van der Waals surface area contributed by atoms with Crippen LogP contribution >= 0.6 is 0 Å². The van der Waals surface area contributed by atoms with Gasteiger partial charge in [0.15, 0.2) is 0 Å². The van der Waals surface area contributed by atoms with Gasteiger partial charge in [-0.3, -0.25) is 4.90 Å². The van der Waals surface area contributed by atoms with Gasteiger partial charge in [-0.2, -0.15) is 0 Å². The summed E-state index contributed by atoms with van der Waals surface area (Å²) in [4.78, 5) is 2.64. The summed E-state index contributed by atoms with van der Waals surface area (Å²) in [7, 11) is 0. The monoisotopic (exact) mass is 274 g/mol. The highest BCUT2D eigenvalue weighted by atomic mass is 15.2. The highest BCUT2D eigenvalue weighted by Gasteiger charge is 2.23. The van der Waals surface area contributed by atoms with Crippen molar-refractivity contribution < 1.29 is 0 Å². The Bertz CT molecular complexity index is 408. The molecule has 2 heteroatoms. The SMILES string of the molecule is Cc1cccc(C(C)N(CC2CCCCN2)C(C)C)c1. The minimum absolute atomic E-state index is 0.485. The van der Waals surface area contributed by atoms with Crippen molar-refractivity contribution in [2.24, 2.45) is 0 Å². The van der Waals surface area contributed by atoms with Crippen molar-refractivity contribution in [3.8, 4) is 0 Å². The topological polar surface area (TPSA) is 15.3 Å². The summed E-state index contributed by atoms with van der Waals surface area (Å²) in [5.41, 5.74) is 2.79. The van der Waals surface area contributed by atoms with Crippen LogP contribution in [0.5, 0.6) is 0 Å². The lowest BCUT2D eigenvalue weighted by Crippen LogP contribution is -2.46. The van der Waals surface area contributed by atoms with Crippen LogP contribution in [0.1, 0.15) is 57.2 Å². The number of piperidine rings is 1. The molecule has 2 nitrogen and oxygen atoms in total. The predicted molar refractivity (Wildman–Crippen MR) is 87.1 cm³/mol. The highest BCUT2D eigenvalue weighted by molar-refractivity contribution is 5.24. The second-order valence-electron chi connectivity index (χ2n) is 6.53. The number of aryl methyl sites for hydroxylation is 1. The Morgan fingerprint density at radius 1 is 1.25 bits per heavy atom. The van der Waals surface area contributed by atoms with Crippen molar-refractivity contribution in [3.63, 3.8) is 0 Å². The van der Waals surface area contributed by atoms with Crippen LogP contribution in [0.3, 0.4) is 0 Å². The van der Waals surface area contributed by atoms with E-state index in [2.05, 4.69) is 62.2 Å². The van der Waals surface area contributed by atoms with Crippen LogP contribution in [0.15, 0.2) is 24.3 Å². The molecule has 0 spiro atoms. The fraction of sp³-hybridized carbons (Fsp3) is 0.667. The second kappa shape index (κ2) is 7.24. The Hall–Kier alpha value is -0.860. The van der Waals surface area contributed by atoms with Crippen molar-refractivity contribution >= 4 is 0 Å². The summed E-state index contributed by atoms with van der Waals surface area (Å²) in [5.74, 6) is 0. The Balaban J connectivity index is 2.07. The Labute approximate surface area is 124 Å². The Morgan fingerprint density at radius 3 is 2.65 bits per heavy atom. The van der Waals surface area contributed by atoms with E-state index in [9.17, 15) is 0 Å². The molecule has 1 saturated heterocycles. The van der Waals surface area contributed by atoms with Gasteiger partial charge in [-0.15, -0.1) is 0 Å². The summed E-state index contributed by atoms with van der Waals surface area (Å²) in [5, 5.41) is 3.68. The average molecular weight is 274 g/mol. The zero-order valence-corrected chi connectivity index (χ0v) is 13.5. The van der Waals surface area contributed by atoms with Crippen LogP contribution in [0.25, 0.3) is 0 Å². The molecule has 2 rings (SSSR count). The zero-order valence-electron chi connectivity index (χ0n) is 13.5. The summed E-state index contributed by atoms with van der Waals surface area (Å²) in [6, 6.07) is 10.7. The van der Waals surface area contributed by atoms with Gasteiger partial charge in [0.05, 0.1) is 0 Å². The maximum atomic E-state index is 3.68. The summed E-state index contributed by atoms with van der Waals surface area (Å²) in [6.45, 7) is 11.5. The molecule has 0 amide bonds. The van der Waals surface area contributed by atoms with Gasteiger partial charge in [-0.05, 0) is 52.6 Å². The van der Waals surface area contributed by atoms with Crippen LogP contribution in [-0.4, -0.2) is 30.1 Å². The minimum atomic E-state index is 0.485. The first kappa shape index (κ1) is 15.5. The third kappa shape index (κ3) is 4.07. The molecule has 0 saturated carbocycles. The number of nitrogens with one attached hydrogen (secondary N) is 1. The summed E-state index contributed by atoms with van der Waals surface area (Å²) in [6.07, 6.45) is 4.04. The lowest BCUT2D eigenvalue weighted by molar-refractivity contribution is 0.138. The van der Waals surface area contributed by atoms with Crippen molar-refractivity contribution in [2.45, 2.75) is 65.1 Å². The molecule has 1 aliphatic rings. The van der Waals surface area contributed by atoms with E-state index in [4.69, 9.17) is 0 Å². The lowest BCUT2D eigenvalue weighted by Gasteiger charge is -2.37. The molecule has 2 atom stereocenters. The number of hydrogen-bond acceptors (Lipinski definition) is 2. The van der Waals surface area contributed by atoms with E-state index in [1.54, 1.807) is 0 Å². The van der Waals surface area contributed by atoms with E-state index in [-0.39, 0.29) is 0 Å². The maximum absolute atomic E-state index is 3.68. The fourth-order valence-corrected chi connectivity index (χ4v) is 3.27. The molecule has 2 unspecified atom stereocenters. The van der Waals surface area contributed by atoms with Gasteiger partial charge >= 0.3 is 0 Å². The van der Waals surface area contributed by atoms with Gasteiger partial charge in [0.2, 0.25) is 0 Å². The van der Waals surface area contributed by atoms with Crippen LogP contribution in [-0.2, 0) is 0 Å². The molecule has 1 aromatic carbocycles. The molecule has 1 aliphatic heterocycles. The van der Waals surface area contributed by atoms with E-state index in [1.165, 1.54) is 36.9 Å². The van der Waals surface area contributed by atoms with Crippen molar-refractivity contribution in [2.75, 3.05) is 13.1 Å². The molecule has 0 aromatic heterocycles. The van der Waals surface area contributed by atoms with E-state index in [0.717, 1.165) is 6.54 Å². The largest absolute Gasteiger partial charge is 0.313 e. The predicted octanol–water partition coefficient (Wildman–Crippen LogP) is 3.91. The third-order valence-electron chi connectivity index (χ3n) is 4.53. The first-order valence-electron chi connectivity index (χ1n) is 8.13. The third-order valence-corrected chi connectivity index (χ3v) is 4.53. The normalized spacial score (nSPS) is 21.4. The molecule has 0 aliphatic carbocycles. The number of nitrogens with zero attached hydrogens (tertiary/aromatic N) is 1. The van der Waals surface area contributed by atoms with Gasteiger partial charge in [-0.25, -0.2) is 0 Å². The Morgan fingerprint density at radius 2 is 2.05 bits per heavy atom. The van der Waals surface area contributed by atoms with Gasteiger partial charge in [-0.1, -0.05) is 36.2 Å². The van der Waals surface area contributed by atoms with E-state index >= 15 is 0 Å².